The minimum absolute atomic E-state index is 0.0370. The first-order valence-electron chi connectivity index (χ1n) is 15.8. The van der Waals surface area contributed by atoms with E-state index in [1.807, 2.05) is 81.5 Å². The molecule has 0 bridgehead atoms. The second kappa shape index (κ2) is 16.5. The third-order valence-corrected chi connectivity index (χ3v) is 8.70. The predicted octanol–water partition coefficient (Wildman–Crippen LogP) is 8.20. The largest absolute Gasteiger partial charge is 0.461 e. The maximum Gasteiger partial charge on any atom is 0.348 e. The topological polar surface area (TPSA) is 102 Å². The zero-order valence-corrected chi connectivity index (χ0v) is 28.0. The minimum Gasteiger partial charge on any atom is -0.461 e. The highest BCUT2D eigenvalue weighted by atomic mass is 16.7. The van der Waals surface area contributed by atoms with Crippen molar-refractivity contribution in [3.63, 3.8) is 0 Å². The van der Waals surface area contributed by atoms with Gasteiger partial charge in [-0.05, 0) is 61.5 Å². The van der Waals surface area contributed by atoms with Crippen LogP contribution in [0.5, 0.6) is 0 Å². The fraction of sp³-hybridized carbons (Fsp3) is 0.462. The molecule has 1 unspecified atom stereocenters. The van der Waals surface area contributed by atoms with Gasteiger partial charge in [0.05, 0.1) is 44.2 Å². The summed E-state index contributed by atoms with van der Waals surface area (Å²) in [5.41, 5.74) is 1.97. The van der Waals surface area contributed by atoms with Gasteiger partial charge in [-0.2, -0.15) is 10.5 Å². The van der Waals surface area contributed by atoms with Crippen LogP contribution in [0.2, 0.25) is 0 Å². The second-order valence-electron chi connectivity index (χ2n) is 13.6. The standard InChI is InChI=1S/C39H48N2O5/c1-8-13-30(14-9-2)21-32(23-40)29(3)17-19-37(4,5)36-45-27-39(28-46-36)20-18-34(43-26-39)38(6,7)25-44-35(42)33(24-41)22-31-15-11-10-12-16-31/h8-16,21-22,34,36H,1,3,17-20,25-28H2,2,4-7H3/b14-9-,30-13+,32-21-,33-22-. The van der Waals surface area contributed by atoms with E-state index in [-0.39, 0.29) is 35.4 Å². The van der Waals surface area contributed by atoms with Crippen LogP contribution in [0.15, 0.2) is 96.2 Å². The van der Waals surface area contributed by atoms with Crippen molar-refractivity contribution in [2.24, 2.45) is 16.2 Å². The third kappa shape index (κ3) is 9.99. The van der Waals surface area contributed by atoms with Gasteiger partial charge < -0.3 is 18.9 Å². The normalized spacial score (nSPS) is 23.1. The quantitative estimate of drug-likeness (QED) is 0.0943. The SMILES string of the molecule is C=C/C=C(\C=C/C)/C=C(/C#N)C(=C)CCC(C)(C)C1OCC2(CCC(C(C)(C)COC(=O)/C(C#N)=C\c3ccccc3)OC2)CO1. The molecule has 0 aliphatic carbocycles. The Morgan fingerprint density at radius 1 is 1.04 bits per heavy atom. The molecule has 0 amide bonds. The Morgan fingerprint density at radius 2 is 1.70 bits per heavy atom. The maximum atomic E-state index is 12.7. The molecular weight excluding hydrogens is 576 g/mol. The summed E-state index contributed by atoms with van der Waals surface area (Å²) in [4.78, 5) is 12.7. The molecule has 46 heavy (non-hydrogen) atoms. The smallest absolute Gasteiger partial charge is 0.348 e. The molecule has 1 spiro atoms. The van der Waals surface area contributed by atoms with Crippen molar-refractivity contribution >= 4 is 12.0 Å². The van der Waals surface area contributed by atoms with Crippen LogP contribution in [0.1, 0.15) is 65.9 Å². The summed E-state index contributed by atoms with van der Waals surface area (Å²) in [7, 11) is 0. The molecule has 244 valence electrons. The van der Waals surface area contributed by atoms with Crippen LogP contribution in [0.25, 0.3) is 6.08 Å². The van der Waals surface area contributed by atoms with Gasteiger partial charge >= 0.3 is 5.97 Å². The molecule has 0 aromatic heterocycles. The molecule has 3 rings (SSSR count). The van der Waals surface area contributed by atoms with Gasteiger partial charge in [0.2, 0.25) is 0 Å². The van der Waals surface area contributed by atoms with Crippen LogP contribution in [0.4, 0.5) is 0 Å². The lowest BCUT2D eigenvalue weighted by Gasteiger charge is -2.49. The van der Waals surface area contributed by atoms with Gasteiger partial charge in [-0.1, -0.05) is 95.5 Å². The predicted molar refractivity (Wildman–Crippen MR) is 181 cm³/mol. The Labute approximate surface area is 275 Å². The molecule has 2 aliphatic rings. The van der Waals surface area contributed by atoms with Gasteiger partial charge in [0.1, 0.15) is 11.6 Å². The number of hydrogen-bond donors (Lipinski definition) is 0. The molecule has 7 nitrogen and oxygen atoms in total. The molecule has 0 N–H and O–H groups in total. The number of nitrogens with zero attached hydrogens (tertiary/aromatic N) is 2. The highest BCUT2D eigenvalue weighted by Crippen LogP contribution is 2.43. The van der Waals surface area contributed by atoms with E-state index in [9.17, 15) is 15.3 Å². The van der Waals surface area contributed by atoms with Crippen molar-refractivity contribution in [2.45, 2.75) is 72.7 Å². The number of nitriles is 2. The van der Waals surface area contributed by atoms with Gasteiger partial charge in [-0.25, -0.2) is 4.79 Å². The van der Waals surface area contributed by atoms with E-state index in [1.165, 1.54) is 6.08 Å². The lowest BCUT2D eigenvalue weighted by atomic mass is 9.75. The summed E-state index contributed by atoms with van der Waals surface area (Å²) in [5.74, 6) is -0.638. The number of ether oxygens (including phenoxy) is 4. The zero-order chi connectivity index (χ0) is 33.8. The van der Waals surface area contributed by atoms with Gasteiger partial charge in [0.25, 0.3) is 0 Å². The van der Waals surface area contributed by atoms with Gasteiger partial charge in [0.15, 0.2) is 6.29 Å². The van der Waals surface area contributed by atoms with Gasteiger partial charge in [0, 0.05) is 16.2 Å². The van der Waals surface area contributed by atoms with E-state index in [1.54, 1.807) is 6.08 Å². The maximum absolute atomic E-state index is 12.7. The molecule has 2 fully saturated rings. The molecular formula is C39H48N2O5. The van der Waals surface area contributed by atoms with Crippen LogP contribution in [0.3, 0.4) is 0 Å². The van der Waals surface area contributed by atoms with E-state index >= 15 is 0 Å². The van der Waals surface area contributed by atoms with Crippen LogP contribution in [0, 0.1) is 38.9 Å². The minimum atomic E-state index is -0.638. The number of carbonyl (C=O) groups is 1. The highest BCUT2D eigenvalue weighted by Gasteiger charge is 2.47. The molecule has 2 saturated heterocycles. The molecule has 1 atom stereocenters. The number of hydrogen-bond acceptors (Lipinski definition) is 7. The van der Waals surface area contributed by atoms with Crippen molar-refractivity contribution in [3.05, 3.63) is 102 Å². The van der Waals surface area contributed by atoms with Crippen molar-refractivity contribution < 1.29 is 23.7 Å². The summed E-state index contributed by atoms with van der Waals surface area (Å²) in [5, 5.41) is 19.3. The molecule has 0 saturated carbocycles. The van der Waals surface area contributed by atoms with Crippen molar-refractivity contribution in [3.8, 4) is 12.1 Å². The number of carbonyl (C=O) groups excluding carboxylic acids is 1. The Balaban J connectivity index is 1.50. The van der Waals surface area contributed by atoms with Crippen LogP contribution in [-0.4, -0.2) is 44.8 Å². The Hall–Kier alpha value is -4.01. The highest BCUT2D eigenvalue weighted by molar-refractivity contribution is 5.97. The van der Waals surface area contributed by atoms with Crippen molar-refractivity contribution in [1.82, 2.24) is 0 Å². The molecule has 1 aromatic carbocycles. The summed E-state index contributed by atoms with van der Waals surface area (Å²) in [6, 6.07) is 13.5. The van der Waals surface area contributed by atoms with E-state index in [0.29, 0.717) is 31.8 Å². The first-order valence-corrected chi connectivity index (χ1v) is 15.8. The number of benzene rings is 1. The molecule has 0 radical (unpaired) electrons. The number of esters is 1. The third-order valence-electron chi connectivity index (χ3n) is 8.70. The first kappa shape index (κ1) is 36.5. The summed E-state index contributed by atoms with van der Waals surface area (Å²) in [6.45, 7) is 19.8. The fourth-order valence-electron chi connectivity index (χ4n) is 5.62. The average molecular weight is 625 g/mol. The van der Waals surface area contributed by atoms with Crippen LogP contribution >= 0.6 is 0 Å². The number of rotatable bonds is 13. The monoisotopic (exact) mass is 624 g/mol. The van der Waals surface area contributed by atoms with E-state index in [0.717, 1.165) is 36.0 Å². The lowest BCUT2D eigenvalue weighted by molar-refractivity contribution is -0.290. The Kier molecular flexibility index (Phi) is 13.1. The van der Waals surface area contributed by atoms with E-state index in [4.69, 9.17) is 18.9 Å². The zero-order valence-electron chi connectivity index (χ0n) is 28.0. The molecule has 2 aliphatic heterocycles. The molecule has 2 heterocycles. The van der Waals surface area contributed by atoms with Gasteiger partial charge in [-0.15, -0.1) is 0 Å². The first-order chi connectivity index (χ1) is 21.9. The summed E-state index contributed by atoms with van der Waals surface area (Å²) < 4.78 is 24.6. The Bertz CT molecular complexity index is 1430. The molecule has 1 aromatic rings. The van der Waals surface area contributed by atoms with E-state index in [2.05, 4.69) is 33.1 Å². The van der Waals surface area contributed by atoms with Crippen LogP contribution < -0.4 is 0 Å². The summed E-state index contributed by atoms with van der Waals surface area (Å²) in [6.07, 6.45) is 13.3. The average Bonchev–Trinajstić information content (AvgIpc) is 3.05. The van der Waals surface area contributed by atoms with Crippen molar-refractivity contribution in [1.29, 1.82) is 10.5 Å². The Morgan fingerprint density at radius 3 is 2.26 bits per heavy atom. The summed E-state index contributed by atoms with van der Waals surface area (Å²) >= 11 is 0. The lowest BCUT2D eigenvalue weighted by Crippen LogP contribution is -2.53. The fourth-order valence-corrected chi connectivity index (χ4v) is 5.62. The van der Waals surface area contributed by atoms with Crippen LogP contribution in [-0.2, 0) is 23.7 Å². The molecule has 7 heteroatoms. The van der Waals surface area contributed by atoms with Crippen molar-refractivity contribution in [2.75, 3.05) is 26.4 Å². The number of allylic oxidation sites excluding steroid dienone is 8. The second-order valence-corrected chi connectivity index (χ2v) is 13.6. The van der Waals surface area contributed by atoms with Gasteiger partial charge in [-0.3, -0.25) is 0 Å². The van der Waals surface area contributed by atoms with E-state index < -0.39 is 11.4 Å².